The van der Waals surface area contributed by atoms with Gasteiger partial charge in [-0.25, -0.2) is 0 Å². The highest BCUT2D eigenvalue weighted by Gasteiger charge is 2.25. The first-order valence-electron chi connectivity index (χ1n) is 5.46. The molecule has 0 aliphatic rings. The quantitative estimate of drug-likeness (QED) is 0.527. The summed E-state index contributed by atoms with van der Waals surface area (Å²) in [7, 11) is 0. The maximum absolute atomic E-state index is 11.8. The lowest BCUT2D eigenvalue weighted by Gasteiger charge is -2.20. The van der Waals surface area contributed by atoms with Gasteiger partial charge < -0.3 is 5.32 Å². The summed E-state index contributed by atoms with van der Waals surface area (Å²) in [6.07, 6.45) is 0. The lowest BCUT2D eigenvalue weighted by molar-refractivity contribution is -0.384. The van der Waals surface area contributed by atoms with Gasteiger partial charge in [0.05, 0.1) is 15.3 Å². The molecular formula is C12H15BrN2O3. The van der Waals surface area contributed by atoms with Crippen molar-refractivity contribution in [3.63, 3.8) is 0 Å². The molecule has 1 aromatic rings. The van der Waals surface area contributed by atoms with Crippen molar-refractivity contribution >= 4 is 27.5 Å². The molecule has 1 N–H and O–H groups in total. The number of nitrogens with zero attached hydrogens (tertiary/aromatic N) is 1. The summed E-state index contributed by atoms with van der Waals surface area (Å²) in [6.45, 7) is 5.26. The predicted molar refractivity (Wildman–Crippen MR) is 72.7 cm³/mol. The number of nitro benzene ring substituents is 1. The molecule has 98 valence electrons. The maximum Gasteiger partial charge on any atom is 0.269 e. The largest absolute Gasteiger partial charge is 0.348 e. The lowest BCUT2D eigenvalue weighted by Crippen LogP contribution is -2.38. The molecule has 0 aliphatic heterocycles. The Kier molecular flexibility index (Phi) is 4.45. The number of nitro groups is 1. The molecule has 0 fully saturated rings. The topological polar surface area (TPSA) is 72.2 Å². The van der Waals surface area contributed by atoms with Gasteiger partial charge in [-0.3, -0.25) is 14.9 Å². The van der Waals surface area contributed by atoms with Crippen LogP contribution in [0.25, 0.3) is 0 Å². The Morgan fingerprint density at radius 1 is 1.50 bits per heavy atom. The van der Waals surface area contributed by atoms with Crippen LogP contribution in [-0.2, 0) is 4.79 Å². The molecule has 1 atom stereocenters. The van der Waals surface area contributed by atoms with Crippen molar-refractivity contribution in [2.24, 2.45) is 0 Å². The van der Waals surface area contributed by atoms with Crippen LogP contribution in [0.3, 0.4) is 0 Å². The number of alkyl halides is 1. The molecule has 0 saturated heterocycles. The van der Waals surface area contributed by atoms with Crippen molar-refractivity contribution in [1.82, 2.24) is 5.32 Å². The average Bonchev–Trinajstić information content (AvgIpc) is 2.27. The highest BCUT2D eigenvalue weighted by Crippen LogP contribution is 2.21. The van der Waals surface area contributed by atoms with Gasteiger partial charge in [0.15, 0.2) is 0 Å². The van der Waals surface area contributed by atoms with E-state index >= 15 is 0 Å². The van der Waals surface area contributed by atoms with Crippen molar-refractivity contribution in [2.75, 3.05) is 0 Å². The lowest BCUT2D eigenvalue weighted by atomic mass is 10.1. The second-order valence-electron chi connectivity index (χ2n) is 4.52. The number of hydrogen-bond acceptors (Lipinski definition) is 3. The molecule has 0 saturated carbocycles. The molecule has 18 heavy (non-hydrogen) atoms. The Hall–Kier alpha value is -1.43. The Morgan fingerprint density at radius 2 is 2.11 bits per heavy atom. The van der Waals surface area contributed by atoms with Crippen molar-refractivity contribution in [3.05, 3.63) is 39.9 Å². The second kappa shape index (κ2) is 5.48. The van der Waals surface area contributed by atoms with Crippen LogP contribution in [0.1, 0.15) is 32.4 Å². The van der Waals surface area contributed by atoms with Crippen LogP contribution in [0.5, 0.6) is 0 Å². The predicted octanol–water partition coefficient (Wildman–Crippen LogP) is 2.95. The zero-order valence-corrected chi connectivity index (χ0v) is 12.0. The van der Waals surface area contributed by atoms with Crippen LogP contribution in [0.4, 0.5) is 5.69 Å². The van der Waals surface area contributed by atoms with Gasteiger partial charge >= 0.3 is 0 Å². The van der Waals surface area contributed by atoms with Crippen LogP contribution in [0.15, 0.2) is 24.3 Å². The van der Waals surface area contributed by atoms with Crippen LogP contribution < -0.4 is 5.32 Å². The van der Waals surface area contributed by atoms with E-state index in [1.165, 1.54) is 12.1 Å². The number of halogens is 1. The fourth-order valence-electron chi connectivity index (χ4n) is 1.36. The van der Waals surface area contributed by atoms with Crippen LogP contribution in [0.2, 0.25) is 0 Å². The molecule has 0 aliphatic carbocycles. The van der Waals surface area contributed by atoms with Crippen LogP contribution in [-0.4, -0.2) is 15.2 Å². The van der Waals surface area contributed by atoms with E-state index in [4.69, 9.17) is 0 Å². The number of rotatable bonds is 4. The van der Waals surface area contributed by atoms with Gasteiger partial charge in [0.2, 0.25) is 5.91 Å². The molecule has 0 spiro atoms. The first kappa shape index (κ1) is 14.6. The summed E-state index contributed by atoms with van der Waals surface area (Å²) < 4.78 is -0.665. The van der Waals surface area contributed by atoms with E-state index in [0.29, 0.717) is 5.56 Å². The van der Waals surface area contributed by atoms with Gasteiger partial charge in [-0.1, -0.05) is 28.1 Å². The van der Waals surface area contributed by atoms with Crippen LogP contribution >= 0.6 is 15.9 Å². The minimum Gasteiger partial charge on any atom is -0.348 e. The van der Waals surface area contributed by atoms with E-state index in [1.807, 2.05) is 0 Å². The number of nitrogens with one attached hydrogen (secondary N) is 1. The average molecular weight is 315 g/mol. The third-order valence-corrected chi connectivity index (χ3v) is 2.83. The SMILES string of the molecule is CC(NC(=O)C(C)(C)Br)c1cccc([N+](=O)[O-])c1. The number of carbonyl (C=O) groups excluding carboxylic acids is 1. The van der Waals surface area contributed by atoms with E-state index in [9.17, 15) is 14.9 Å². The van der Waals surface area contributed by atoms with Crippen molar-refractivity contribution in [2.45, 2.75) is 31.1 Å². The molecule has 0 bridgehead atoms. The summed E-state index contributed by atoms with van der Waals surface area (Å²) in [5, 5.41) is 13.5. The highest BCUT2D eigenvalue weighted by molar-refractivity contribution is 9.10. The van der Waals surface area contributed by atoms with Crippen molar-refractivity contribution in [3.8, 4) is 0 Å². The second-order valence-corrected chi connectivity index (χ2v) is 6.50. The summed E-state index contributed by atoms with van der Waals surface area (Å²) in [4.78, 5) is 22.0. The number of hydrogen-bond donors (Lipinski definition) is 1. The van der Waals surface area contributed by atoms with Gasteiger partial charge in [0.1, 0.15) is 0 Å². The van der Waals surface area contributed by atoms with Crippen LogP contribution in [0, 0.1) is 10.1 Å². The number of non-ortho nitro benzene ring substituents is 1. The fraction of sp³-hybridized carbons (Fsp3) is 0.417. The number of benzene rings is 1. The Morgan fingerprint density at radius 3 is 2.61 bits per heavy atom. The normalized spacial score (nSPS) is 12.9. The smallest absolute Gasteiger partial charge is 0.269 e. The van der Waals surface area contributed by atoms with Gasteiger partial charge in [-0.05, 0) is 26.3 Å². The molecule has 0 aromatic heterocycles. The van der Waals surface area contributed by atoms with E-state index in [-0.39, 0.29) is 17.6 Å². The zero-order chi connectivity index (χ0) is 13.9. The molecule has 1 unspecified atom stereocenters. The zero-order valence-electron chi connectivity index (χ0n) is 10.4. The molecule has 5 nitrogen and oxygen atoms in total. The molecule has 1 aromatic carbocycles. The number of amides is 1. The van der Waals surface area contributed by atoms with E-state index in [0.717, 1.165) is 0 Å². The summed E-state index contributed by atoms with van der Waals surface area (Å²) in [5.41, 5.74) is 0.723. The summed E-state index contributed by atoms with van der Waals surface area (Å²) in [5.74, 6) is -0.165. The minimum absolute atomic E-state index is 0.0201. The Labute approximate surface area is 114 Å². The summed E-state index contributed by atoms with van der Waals surface area (Å²) >= 11 is 3.26. The van der Waals surface area contributed by atoms with Gasteiger partial charge in [0, 0.05) is 12.1 Å². The third kappa shape index (κ3) is 3.80. The Balaban J connectivity index is 2.85. The van der Waals surface area contributed by atoms with Crippen molar-refractivity contribution < 1.29 is 9.72 Å². The third-order valence-electron chi connectivity index (χ3n) is 2.47. The number of carbonyl (C=O) groups is 1. The van der Waals surface area contributed by atoms with Gasteiger partial charge in [-0.15, -0.1) is 0 Å². The molecule has 6 heteroatoms. The highest BCUT2D eigenvalue weighted by atomic mass is 79.9. The first-order chi connectivity index (χ1) is 8.21. The summed E-state index contributed by atoms with van der Waals surface area (Å²) in [6, 6.07) is 5.96. The molecular weight excluding hydrogens is 300 g/mol. The first-order valence-corrected chi connectivity index (χ1v) is 6.25. The van der Waals surface area contributed by atoms with E-state index < -0.39 is 9.25 Å². The van der Waals surface area contributed by atoms with Gasteiger partial charge in [-0.2, -0.15) is 0 Å². The molecule has 1 rings (SSSR count). The minimum atomic E-state index is -0.665. The maximum atomic E-state index is 11.8. The molecule has 0 radical (unpaired) electrons. The Bertz CT molecular complexity index is 469. The van der Waals surface area contributed by atoms with E-state index in [1.54, 1.807) is 32.9 Å². The molecule has 0 heterocycles. The monoisotopic (exact) mass is 314 g/mol. The van der Waals surface area contributed by atoms with Crippen molar-refractivity contribution in [1.29, 1.82) is 0 Å². The fourth-order valence-corrected chi connectivity index (χ4v) is 1.47. The molecule has 1 amide bonds. The van der Waals surface area contributed by atoms with Gasteiger partial charge in [0.25, 0.3) is 5.69 Å². The van der Waals surface area contributed by atoms with E-state index in [2.05, 4.69) is 21.2 Å². The standard InChI is InChI=1S/C12H15BrN2O3/c1-8(14-11(16)12(2,3)13)9-5-4-6-10(7-9)15(17)18/h4-8H,1-3H3,(H,14,16).